The van der Waals surface area contributed by atoms with Gasteiger partial charge in [-0.3, -0.25) is 10.2 Å². The maximum atomic E-state index is 14.3. The van der Waals surface area contributed by atoms with Gasteiger partial charge in [0.2, 0.25) is 5.90 Å². The van der Waals surface area contributed by atoms with Crippen molar-refractivity contribution >= 4 is 35.0 Å². The van der Waals surface area contributed by atoms with E-state index in [2.05, 4.69) is 10.9 Å². The van der Waals surface area contributed by atoms with E-state index in [9.17, 15) is 18.0 Å². The molecule has 2 atom stereocenters. The summed E-state index contributed by atoms with van der Waals surface area (Å²) in [5, 5.41) is 9.72. The molecule has 0 aromatic heterocycles. The molecule has 1 heterocycles. The van der Waals surface area contributed by atoms with Crippen LogP contribution >= 0.6 is 23.2 Å². The van der Waals surface area contributed by atoms with Crippen LogP contribution in [-0.4, -0.2) is 35.7 Å². The molecular formula is C34H30Cl2F3N3O4. The Morgan fingerprint density at radius 2 is 1.67 bits per heavy atom. The fourth-order valence-corrected chi connectivity index (χ4v) is 5.53. The number of halogens is 5. The number of nitrogens with one attached hydrogen (secondary N) is 2. The van der Waals surface area contributed by atoms with Crippen molar-refractivity contribution in [1.29, 1.82) is 0 Å². The van der Waals surface area contributed by atoms with Crippen molar-refractivity contribution in [2.45, 2.75) is 37.2 Å². The SMILES string of the molecule is O=C(NNCc1ccc(C(F)(F)F)cc1)[C@@]1(Cc2ccccc2)N=C(c2ccc(OCCCO)cc2)O[C@H]1c1ccc(Cl)cc1Cl. The number of carbonyl (C=O) groups excluding carboxylic acids is 1. The molecule has 1 aliphatic heterocycles. The van der Waals surface area contributed by atoms with Gasteiger partial charge in [0.15, 0.2) is 11.6 Å². The summed E-state index contributed by atoms with van der Waals surface area (Å²) in [4.78, 5) is 19.2. The first kappa shape index (κ1) is 33.3. The summed E-state index contributed by atoms with van der Waals surface area (Å²) in [6.07, 6.45) is -4.82. The van der Waals surface area contributed by atoms with E-state index in [4.69, 9.17) is 42.8 Å². The molecule has 240 valence electrons. The number of aliphatic hydroxyl groups is 1. The molecule has 5 rings (SSSR count). The van der Waals surface area contributed by atoms with Gasteiger partial charge in [0.25, 0.3) is 5.91 Å². The molecule has 7 nitrogen and oxygen atoms in total. The van der Waals surface area contributed by atoms with Gasteiger partial charge in [-0.05, 0) is 59.7 Å². The number of hydrogen-bond donors (Lipinski definition) is 3. The number of aliphatic imine (C=N–C) groups is 1. The van der Waals surface area contributed by atoms with Gasteiger partial charge in [-0.2, -0.15) is 13.2 Å². The first-order chi connectivity index (χ1) is 22.1. The Hall–Kier alpha value is -4.09. The smallest absolute Gasteiger partial charge is 0.416 e. The van der Waals surface area contributed by atoms with E-state index < -0.39 is 29.3 Å². The maximum Gasteiger partial charge on any atom is 0.416 e. The minimum atomic E-state index is -4.45. The fraction of sp³-hybridized carbons (Fsp3) is 0.235. The van der Waals surface area contributed by atoms with E-state index in [0.717, 1.165) is 17.7 Å². The van der Waals surface area contributed by atoms with E-state index >= 15 is 0 Å². The predicted molar refractivity (Wildman–Crippen MR) is 170 cm³/mol. The fourth-order valence-electron chi connectivity index (χ4n) is 5.03. The Kier molecular flexibility index (Phi) is 10.5. The van der Waals surface area contributed by atoms with Crippen molar-refractivity contribution in [3.63, 3.8) is 0 Å². The zero-order chi connectivity index (χ0) is 32.7. The normalized spacial score (nSPS) is 17.7. The summed E-state index contributed by atoms with van der Waals surface area (Å²) in [5.41, 5.74) is 5.61. The van der Waals surface area contributed by atoms with Crippen LogP contribution < -0.4 is 15.6 Å². The van der Waals surface area contributed by atoms with Gasteiger partial charge >= 0.3 is 6.18 Å². The third-order valence-electron chi connectivity index (χ3n) is 7.37. The number of ether oxygens (including phenoxy) is 2. The molecule has 4 aromatic carbocycles. The standard InChI is InChI=1S/C34H30Cl2F3N3O4/c35-26-13-16-28(29(36)19-26)30-33(20-22-5-2-1-3-6-22,32(44)42-40-21-23-7-11-25(12-8-23)34(37,38)39)41-31(46-30)24-9-14-27(15-10-24)45-18-4-17-43/h1-3,5-16,19,30,40,43H,4,17-18,20-21H2,(H,42,44)/t30-,33-/m0/s1. The van der Waals surface area contributed by atoms with Crippen molar-refractivity contribution in [3.8, 4) is 5.75 Å². The molecule has 0 unspecified atom stereocenters. The average Bonchev–Trinajstić information content (AvgIpc) is 3.41. The minimum absolute atomic E-state index is 0.0160. The molecule has 0 aliphatic carbocycles. The van der Waals surface area contributed by atoms with E-state index in [0.29, 0.717) is 40.5 Å². The van der Waals surface area contributed by atoms with E-state index in [1.54, 1.807) is 42.5 Å². The van der Waals surface area contributed by atoms with Crippen LogP contribution in [0.1, 0.15) is 40.3 Å². The van der Waals surface area contributed by atoms with Gasteiger partial charge in [-0.25, -0.2) is 10.4 Å². The maximum absolute atomic E-state index is 14.3. The Morgan fingerprint density at radius 1 is 0.957 bits per heavy atom. The van der Waals surface area contributed by atoms with Crippen molar-refractivity contribution in [2.24, 2.45) is 4.99 Å². The molecule has 0 saturated carbocycles. The van der Waals surface area contributed by atoms with Crippen LogP contribution in [-0.2, 0) is 28.7 Å². The Morgan fingerprint density at radius 3 is 2.33 bits per heavy atom. The van der Waals surface area contributed by atoms with Crippen LogP contribution in [0.25, 0.3) is 0 Å². The van der Waals surface area contributed by atoms with Gasteiger partial charge in [-0.1, -0.05) is 71.7 Å². The topological polar surface area (TPSA) is 92.2 Å². The molecule has 0 bridgehead atoms. The Bertz CT molecular complexity index is 1670. The third-order valence-corrected chi connectivity index (χ3v) is 7.93. The largest absolute Gasteiger partial charge is 0.494 e. The van der Waals surface area contributed by atoms with Gasteiger partial charge in [0.1, 0.15) is 5.75 Å². The highest BCUT2D eigenvalue weighted by Gasteiger charge is 2.54. The van der Waals surface area contributed by atoms with Crippen LogP contribution in [0.2, 0.25) is 10.0 Å². The number of rotatable bonds is 12. The van der Waals surface area contributed by atoms with E-state index in [1.165, 1.54) is 12.1 Å². The molecule has 3 N–H and O–H groups in total. The molecule has 0 radical (unpaired) electrons. The Balaban J connectivity index is 1.49. The van der Waals surface area contributed by atoms with Crippen LogP contribution in [0.4, 0.5) is 13.2 Å². The average molecular weight is 673 g/mol. The summed E-state index contributed by atoms with van der Waals surface area (Å²) in [5.74, 6) is 0.249. The van der Waals surface area contributed by atoms with Crippen LogP contribution in [0.3, 0.4) is 0 Å². The second-order valence-electron chi connectivity index (χ2n) is 10.6. The summed E-state index contributed by atoms with van der Waals surface area (Å²) in [6, 6.07) is 25.8. The number of hydrogen-bond acceptors (Lipinski definition) is 6. The summed E-state index contributed by atoms with van der Waals surface area (Å²) in [7, 11) is 0. The molecule has 1 aliphatic rings. The lowest BCUT2D eigenvalue weighted by Gasteiger charge is -2.31. The minimum Gasteiger partial charge on any atom is -0.494 e. The lowest BCUT2D eigenvalue weighted by atomic mass is 9.82. The quantitative estimate of drug-likeness (QED) is 0.110. The molecule has 0 saturated heterocycles. The third kappa shape index (κ3) is 7.82. The molecular weight excluding hydrogens is 642 g/mol. The van der Waals surface area contributed by atoms with Crippen LogP contribution in [0, 0.1) is 0 Å². The number of amides is 1. The molecule has 12 heteroatoms. The lowest BCUT2D eigenvalue weighted by Crippen LogP contribution is -2.53. The second-order valence-corrected chi connectivity index (χ2v) is 11.5. The van der Waals surface area contributed by atoms with Gasteiger partial charge in [-0.15, -0.1) is 0 Å². The number of alkyl halides is 3. The van der Waals surface area contributed by atoms with Gasteiger partial charge < -0.3 is 14.6 Å². The molecule has 1 amide bonds. The van der Waals surface area contributed by atoms with E-state index in [-0.39, 0.29) is 30.5 Å². The zero-order valence-corrected chi connectivity index (χ0v) is 25.9. The summed E-state index contributed by atoms with van der Waals surface area (Å²) < 4.78 is 51.1. The molecule has 0 fully saturated rings. The predicted octanol–water partition coefficient (Wildman–Crippen LogP) is 7.09. The monoisotopic (exact) mass is 671 g/mol. The molecule has 46 heavy (non-hydrogen) atoms. The highest BCUT2D eigenvalue weighted by molar-refractivity contribution is 6.35. The van der Waals surface area contributed by atoms with E-state index in [1.807, 2.05) is 30.3 Å². The second kappa shape index (κ2) is 14.6. The number of nitrogens with zero attached hydrogens (tertiary/aromatic N) is 1. The summed E-state index contributed by atoms with van der Waals surface area (Å²) in [6.45, 7) is 0.416. The lowest BCUT2D eigenvalue weighted by molar-refractivity contribution is -0.137. The first-order valence-corrected chi connectivity index (χ1v) is 15.1. The summed E-state index contributed by atoms with van der Waals surface area (Å²) >= 11 is 12.9. The molecule has 0 spiro atoms. The highest BCUT2D eigenvalue weighted by Crippen LogP contribution is 2.45. The first-order valence-electron chi connectivity index (χ1n) is 14.4. The van der Waals surface area contributed by atoms with Crippen LogP contribution in [0.5, 0.6) is 5.75 Å². The van der Waals surface area contributed by atoms with Crippen LogP contribution in [0.15, 0.2) is 102 Å². The van der Waals surface area contributed by atoms with Gasteiger partial charge in [0, 0.05) is 47.2 Å². The van der Waals surface area contributed by atoms with Crippen molar-refractivity contribution in [1.82, 2.24) is 10.9 Å². The zero-order valence-electron chi connectivity index (χ0n) is 24.4. The number of hydrazine groups is 1. The van der Waals surface area contributed by atoms with Gasteiger partial charge in [0.05, 0.1) is 12.2 Å². The highest BCUT2D eigenvalue weighted by atomic mass is 35.5. The number of aliphatic hydroxyl groups excluding tert-OH is 1. The molecule has 4 aromatic rings. The number of benzene rings is 4. The van der Waals surface area contributed by atoms with Crippen molar-refractivity contribution < 1.29 is 32.5 Å². The number of carbonyl (C=O) groups is 1. The van der Waals surface area contributed by atoms with Crippen molar-refractivity contribution in [2.75, 3.05) is 13.2 Å². The Labute approximate surface area is 273 Å². The van der Waals surface area contributed by atoms with Crippen molar-refractivity contribution in [3.05, 3.63) is 135 Å².